The molecule has 4 rings (SSSR count). The minimum Gasteiger partial charge on any atom is -0.477 e. The van der Waals surface area contributed by atoms with Crippen molar-refractivity contribution in [2.24, 2.45) is 11.8 Å². The number of nitrogens with one attached hydrogen (secondary N) is 2. The normalized spacial score (nSPS) is 37.9. The van der Waals surface area contributed by atoms with E-state index in [1.165, 1.54) is 4.90 Å². The van der Waals surface area contributed by atoms with Gasteiger partial charge in [-0.15, -0.1) is 11.8 Å². The molecule has 3 N–H and O–H groups in total. The van der Waals surface area contributed by atoms with E-state index in [-0.39, 0.29) is 35.4 Å². The Morgan fingerprint density at radius 1 is 1.38 bits per heavy atom. The summed E-state index contributed by atoms with van der Waals surface area (Å²) in [6.07, 6.45) is 2.22. The van der Waals surface area contributed by atoms with Crippen LogP contribution in [0.3, 0.4) is 0 Å². The molecular formula is C16H21N3O4S. The fourth-order valence-electron chi connectivity index (χ4n) is 4.11. The Balaban J connectivity index is 1.42. The summed E-state index contributed by atoms with van der Waals surface area (Å²) < 4.78 is 0. The van der Waals surface area contributed by atoms with E-state index in [1.807, 2.05) is 6.92 Å². The molecule has 0 aromatic carbocycles. The van der Waals surface area contributed by atoms with Crippen LogP contribution >= 0.6 is 11.8 Å². The number of rotatable bonds is 5. The maximum Gasteiger partial charge on any atom is 0.353 e. The first kappa shape index (κ1) is 16.0. The molecular weight excluding hydrogens is 330 g/mol. The predicted octanol–water partition coefficient (Wildman–Crippen LogP) is 0.133. The van der Waals surface area contributed by atoms with Gasteiger partial charge in [0.2, 0.25) is 11.8 Å². The second-order valence-electron chi connectivity index (χ2n) is 7.10. The monoisotopic (exact) mass is 351 g/mol. The number of β-lactam (4-membered cyclic amide) rings is 2. The molecule has 8 heteroatoms. The molecule has 0 aliphatic carbocycles. The molecule has 7 nitrogen and oxygen atoms in total. The summed E-state index contributed by atoms with van der Waals surface area (Å²) >= 11 is 1.61. The fraction of sp³-hybridized carbons (Fsp3) is 0.688. The lowest BCUT2D eigenvalue weighted by Crippen LogP contribution is -2.51. The summed E-state index contributed by atoms with van der Waals surface area (Å²) in [5.74, 6) is -0.747. The average molecular weight is 351 g/mol. The van der Waals surface area contributed by atoms with E-state index in [0.29, 0.717) is 17.7 Å². The van der Waals surface area contributed by atoms with Crippen molar-refractivity contribution in [1.82, 2.24) is 15.5 Å². The van der Waals surface area contributed by atoms with Crippen LogP contribution in [0, 0.1) is 11.8 Å². The third-order valence-corrected chi connectivity index (χ3v) is 7.10. The lowest BCUT2D eigenvalue weighted by atomic mass is 9.93. The van der Waals surface area contributed by atoms with Crippen LogP contribution in [0.25, 0.3) is 0 Å². The molecule has 4 aliphatic heterocycles. The second-order valence-corrected chi connectivity index (χ2v) is 8.44. The molecule has 3 saturated heterocycles. The van der Waals surface area contributed by atoms with E-state index < -0.39 is 5.97 Å². The highest BCUT2D eigenvalue weighted by atomic mass is 32.2. The number of hydrogen-bond donors (Lipinski definition) is 3. The van der Waals surface area contributed by atoms with Crippen LogP contribution in [-0.4, -0.2) is 58.2 Å². The summed E-state index contributed by atoms with van der Waals surface area (Å²) in [6.45, 7) is 3.59. The molecule has 4 unspecified atom stereocenters. The zero-order chi connectivity index (χ0) is 17.0. The number of carboxylic acids is 1. The molecule has 0 saturated carbocycles. The Morgan fingerprint density at radius 3 is 2.75 bits per heavy atom. The highest BCUT2D eigenvalue weighted by Gasteiger charge is 2.52. The SMILES string of the molecule is CC1C(SC2CN[C@H](CC3CNC3=O)C2)=C(C(=O)O)N2C(=O)CC12. The average Bonchev–Trinajstić information content (AvgIpc) is 3.06. The highest BCUT2D eigenvalue weighted by Crippen LogP contribution is 2.48. The maximum absolute atomic E-state index is 11.8. The smallest absolute Gasteiger partial charge is 0.353 e. The first-order chi connectivity index (χ1) is 11.5. The molecule has 4 heterocycles. The predicted molar refractivity (Wildman–Crippen MR) is 88.0 cm³/mol. The number of thioether (sulfide) groups is 1. The topological polar surface area (TPSA) is 98.7 Å². The number of fused-ring (bicyclic) bond motifs is 1. The van der Waals surface area contributed by atoms with Gasteiger partial charge in [-0.05, 0) is 12.8 Å². The van der Waals surface area contributed by atoms with Crippen LogP contribution in [0.1, 0.15) is 26.2 Å². The van der Waals surface area contributed by atoms with Crippen LogP contribution in [0.4, 0.5) is 0 Å². The van der Waals surface area contributed by atoms with Gasteiger partial charge in [0.15, 0.2) is 0 Å². The first-order valence-corrected chi connectivity index (χ1v) is 9.31. The molecule has 3 fully saturated rings. The zero-order valence-corrected chi connectivity index (χ0v) is 14.3. The van der Waals surface area contributed by atoms with Gasteiger partial charge in [0.25, 0.3) is 0 Å². The van der Waals surface area contributed by atoms with Crippen LogP contribution in [0.15, 0.2) is 10.6 Å². The summed E-state index contributed by atoms with van der Waals surface area (Å²) in [5, 5.41) is 16.0. The van der Waals surface area contributed by atoms with E-state index in [4.69, 9.17) is 0 Å². The Kier molecular flexibility index (Phi) is 3.84. The largest absolute Gasteiger partial charge is 0.477 e. The maximum atomic E-state index is 11.8. The number of aliphatic carboxylic acids is 1. The zero-order valence-electron chi connectivity index (χ0n) is 13.4. The summed E-state index contributed by atoms with van der Waals surface area (Å²) in [4.78, 5) is 37.1. The van der Waals surface area contributed by atoms with Crippen molar-refractivity contribution in [2.45, 2.75) is 43.5 Å². The van der Waals surface area contributed by atoms with Gasteiger partial charge in [0.1, 0.15) is 5.70 Å². The molecule has 4 aliphatic rings. The molecule has 5 atom stereocenters. The molecule has 0 radical (unpaired) electrons. The summed E-state index contributed by atoms with van der Waals surface area (Å²) in [6, 6.07) is 0.331. The van der Waals surface area contributed by atoms with E-state index in [1.54, 1.807) is 11.8 Å². The Bertz CT molecular complexity index is 649. The van der Waals surface area contributed by atoms with Gasteiger partial charge in [0, 0.05) is 41.6 Å². The number of nitrogens with zero attached hydrogens (tertiary/aromatic N) is 1. The van der Waals surface area contributed by atoms with Crippen LogP contribution in [-0.2, 0) is 14.4 Å². The highest BCUT2D eigenvalue weighted by molar-refractivity contribution is 8.03. The van der Waals surface area contributed by atoms with Crippen molar-refractivity contribution in [3.8, 4) is 0 Å². The lowest BCUT2D eigenvalue weighted by Gasteiger charge is -2.37. The van der Waals surface area contributed by atoms with Gasteiger partial charge in [-0.25, -0.2) is 4.79 Å². The fourth-order valence-corrected chi connectivity index (χ4v) is 5.64. The Hall–Kier alpha value is -1.54. The molecule has 0 aromatic heterocycles. The van der Waals surface area contributed by atoms with Crippen molar-refractivity contribution in [2.75, 3.05) is 13.1 Å². The van der Waals surface area contributed by atoms with Crippen molar-refractivity contribution in [1.29, 1.82) is 0 Å². The lowest BCUT2D eigenvalue weighted by molar-refractivity contribution is -0.148. The first-order valence-electron chi connectivity index (χ1n) is 8.43. The Labute approximate surface area is 144 Å². The van der Waals surface area contributed by atoms with Crippen LogP contribution in [0.5, 0.6) is 0 Å². The number of carbonyl (C=O) groups excluding carboxylic acids is 2. The van der Waals surface area contributed by atoms with Gasteiger partial charge in [-0.1, -0.05) is 6.92 Å². The molecule has 0 bridgehead atoms. The van der Waals surface area contributed by atoms with Gasteiger partial charge in [-0.3, -0.25) is 9.59 Å². The van der Waals surface area contributed by atoms with Gasteiger partial charge < -0.3 is 20.6 Å². The van der Waals surface area contributed by atoms with Crippen LogP contribution < -0.4 is 10.6 Å². The summed E-state index contributed by atoms with van der Waals surface area (Å²) in [5.41, 5.74) is 0.190. The van der Waals surface area contributed by atoms with E-state index in [9.17, 15) is 19.5 Å². The van der Waals surface area contributed by atoms with Crippen molar-refractivity contribution in [3.63, 3.8) is 0 Å². The number of hydrogen-bond acceptors (Lipinski definition) is 5. The van der Waals surface area contributed by atoms with E-state index >= 15 is 0 Å². The number of amides is 2. The second kappa shape index (κ2) is 5.77. The van der Waals surface area contributed by atoms with Crippen molar-refractivity contribution in [3.05, 3.63) is 10.6 Å². The van der Waals surface area contributed by atoms with Crippen molar-refractivity contribution >= 4 is 29.5 Å². The molecule has 2 amide bonds. The third-order valence-electron chi connectivity index (χ3n) is 5.59. The van der Waals surface area contributed by atoms with E-state index in [2.05, 4.69) is 10.6 Å². The van der Waals surface area contributed by atoms with Crippen LogP contribution in [0.2, 0.25) is 0 Å². The van der Waals surface area contributed by atoms with E-state index in [0.717, 1.165) is 30.8 Å². The number of carbonyl (C=O) groups is 3. The minimum atomic E-state index is -1.01. The van der Waals surface area contributed by atoms with Gasteiger partial charge in [0.05, 0.1) is 12.0 Å². The molecule has 130 valence electrons. The standard InChI is InChI=1S/C16H21N3O4S/c1-7-11-4-12(20)19(11)13(16(22)23)14(7)24-10-3-9(17-6-10)2-8-5-18-15(8)21/h7-11,17H,2-6H2,1H3,(H,18,21)(H,22,23)/t7?,8?,9-,10?,11?/m1/s1. The quantitative estimate of drug-likeness (QED) is 0.609. The molecule has 0 spiro atoms. The van der Waals surface area contributed by atoms with Gasteiger partial charge >= 0.3 is 5.97 Å². The number of carboxylic acid groups (broad SMARTS) is 1. The Morgan fingerprint density at radius 2 is 2.17 bits per heavy atom. The molecule has 0 aromatic rings. The third kappa shape index (κ3) is 2.43. The van der Waals surface area contributed by atoms with Gasteiger partial charge in [-0.2, -0.15) is 0 Å². The van der Waals surface area contributed by atoms with Crippen molar-refractivity contribution < 1.29 is 19.5 Å². The minimum absolute atomic E-state index is 0.0231. The molecule has 24 heavy (non-hydrogen) atoms. The summed E-state index contributed by atoms with van der Waals surface area (Å²) in [7, 11) is 0.